The Morgan fingerprint density at radius 2 is 1.94 bits per heavy atom. The molecule has 0 radical (unpaired) electrons. The number of aromatic nitrogens is 3. The number of alkyl halides is 3. The highest BCUT2D eigenvalue weighted by molar-refractivity contribution is 7.16. The van der Waals surface area contributed by atoms with Crippen molar-refractivity contribution < 1.29 is 13.2 Å². The first-order chi connectivity index (χ1) is 15.7. The van der Waals surface area contributed by atoms with Gasteiger partial charge in [-0.2, -0.15) is 18.2 Å². The van der Waals surface area contributed by atoms with E-state index in [-0.39, 0.29) is 5.95 Å². The molecule has 180 valence electrons. The third-order valence-electron chi connectivity index (χ3n) is 5.33. The molecule has 1 aliphatic carbocycles. The summed E-state index contributed by atoms with van der Waals surface area (Å²) in [5.41, 5.74) is 2.30. The Kier molecular flexibility index (Phi) is 8.47. The van der Waals surface area contributed by atoms with Crippen LogP contribution in [0.3, 0.4) is 0 Å². The Morgan fingerprint density at radius 3 is 2.64 bits per heavy atom. The maximum Gasteiger partial charge on any atom is 0.405 e. The fourth-order valence-corrected chi connectivity index (χ4v) is 4.80. The molecule has 0 saturated heterocycles. The molecule has 3 rings (SSSR count). The molecule has 10 heteroatoms. The van der Waals surface area contributed by atoms with E-state index in [1.807, 2.05) is 24.3 Å². The van der Waals surface area contributed by atoms with Gasteiger partial charge < -0.3 is 15.5 Å². The van der Waals surface area contributed by atoms with Gasteiger partial charge in [0, 0.05) is 19.5 Å². The predicted octanol–water partition coefficient (Wildman–Crippen LogP) is 5.40. The van der Waals surface area contributed by atoms with Crippen LogP contribution in [0.25, 0.3) is 16.6 Å². The quantitative estimate of drug-likeness (QED) is 0.475. The van der Waals surface area contributed by atoms with Crippen molar-refractivity contribution in [2.45, 2.75) is 39.3 Å². The lowest BCUT2D eigenvalue weighted by Gasteiger charge is -2.20. The smallest absolute Gasteiger partial charge is 0.369 e. The number of anilines is 2. The molecule has 0 amide bonds. The standard InChI is InChI=1S/C23H31F3N6S/c1-5-16(13-32(3)4)11-12-27-20-19(15(2)29-22(31-20)28-14-23(24,25)26)21-30-17-9-7-6-8-10-18(17)33-21/h6-8,10,16H,5,9,11-14H2,1-4H3,(H2,27,28,29,31). The van der Waals surface area contributed by atoms with Crippen LogP contribution >= 0.6 is 11.3 Å². The van der Waals surface area contributed by atoms with E-state index < -0.39 is 12.7 Å². The molecule has 6 nitrogen and oxygen atoms in total. The molecule has 0 spiro atoms. The lowest BCUT2D eigenvalue weighted by Crippen LogP contribution is -2.24. The Morgan fingerprint density at radius 1 is 1.15 bits per heavy atom. The Hall–Kier alpha value is -2.46. The summed E-state index contributed by atoms with van der Waals surface area (Å²) >= 11 is 1.54. The van der Waals surface area contributed by atoms with Crippen LogP contribution in [0, 0.1) is 12.8 Å². The van der Waals surface area contributed by atoms with Gasteiger partial charge in [0.25, 0.3) is 0 Å². The Labute approximate surface area is 197 Å². The molecule has 2 N–H and O–H groups in total. The molecule has 0 saturated carbocycles. The summed E-state index contributed by atoms with van der Waals surface area (Å²) in [6, 6.07) is 0. The first kappa shape index (κ1) is 25.2. The molecule has 2 heterocycles. The van der Waals surface area contributed by atoms with Crippen LogP contribution in [0.4, 0.5) is 24.9 Å². The second kappa shape index (κ2) is 11.1. The molecule has 2 aromatic rings. The first-order valence-corrected chi connectivity index (χ1v) is 11.9. The van der Waals surface area contributed by atoms with Crippen molar-refractivity contribution >= 4 is 29.2 Å². The maximum absolute atomic E-state index is 12.7. The zero-order valence-electron chi connectivity index (χ0n) is 19.5. The lowest BCUT2D eigenvalue weighted by atomic mass is 10.0. The molecule has 2 aromatic heterocycles. The van der Waals surface area contributed by atoms with E-state index in [9.17, 15) is 13.2 Å². The number of aryl methyl sites for hydroxylation is 1. The predicted molar refractivity (Wildman–Crippen MR) is 130 cm³/mol. The van der Waals surface area contributed by atoms with Gasteiger partial charge in [-0.15, -0.1) is 11.3 Å². The van der Waals surface area contributed by atoms with Gasteiger partial charge in [0.15, 0.2) is 0 Å². The minimum Gasteiger partial charge on any atom is -0.369 e. The maximum atomic E-state index is 12.7. The van der Waals surface area contributed by atoms with Crippen LogP contribution in [0.15, 0.2) is 18.2 Å². The SMILES string of the molecule is CCC(CCNc1nc(NCC(F)(F)F)nc(C)c1-c1nc2c(s1)C=CC=CC2)CN(C)C. The highest BCUT2D eigenvalue weighted by Gasteiger charge is 2.28. The summed E-state index contributed by atoms with van der Waals surface area (Å²) in [6.45, 7) is 4.39. The van der Waals surface area contributed by atoms with E-state index in [1.165, 1.54) is 0 Å². The Balaban J connectivity index is 1.89. The lowest BCUT2D eigenvalue weighted by molar-refractivity contribution is -0.115. The molecular formula is C23H31F3N6S. The minimum atomic E-state index is -4.35. The van der Waals surface area contributed by atoms with Crippen molar-refractivity contribution in [3.05, 3.63) is 34.5 Å². The molecule has 0 aliphatic heterocycles. The number of nitrogens with zero attached hydrogens (tertiary/aromatic N) is 4. The number of thiazole rings is 1. The van der Waals surface area contributed by atoms with E-state index in [1.54, 1.807) is 18.3 Å². The van der Waals surface area contributed by atoms with Crippen LogP contribution in [0.2, 0.25) is 0 Å². The molecular weight excluding hydrogens is 449 g/mol. The number of allylic oxidation sites excluding steroid dienone is 3. The Bertz CT molecular complexity index is 997. The normalized spacial score (nSPS) is 14.3. The van der Waals surface area contributed by atoms with Crippen LogP contribution in [-0.2, 0) is 6.42 Å². The van der Waals surface area contributed by atoms with Crippen molar-refractivity contribution in [2.24, 2.45) is 5.92 Å². The fourth-order valence-electron chi connectivity index (χ4n) is 3.70. The zero-order valence-corrected chi connectivity index (χ0v) is 20.3. The van der Waals surface area contributed by atoms with Crippen molar-refractivity contribution in [3.63, 3.8) is 0 Å². The average molecular weight is 481 g/mol. The molecule has 33 heavy (non-hydrogen) atoms. The zero-order chi connectivity index (χ0) is 24.0. The van der Waals surface area contributed by atoms with Crippen LogP contribution in [0.1, 0.15) is 36.0 Å². The third kappa shape index (κ3) is 7.26. The van der Waals surface area contributed by atoms with Crippen LogP contribution in [-0.4, -0.2) is 59.8 Å². The largest absolute Gasteiger partial charge is 0.405 e. The summed E-state index contributed by atoms with van der Waals surface area (Å²) in [5.74, 6) is 0.974. The highest BCUT2D eigenvalue weighted by Crippen LogP contribution is 2.36. The van der Waals surface area contributed by atoms with Gasteiger partial charge in [-0.1, -0.05) is 31.6 Å². The molecule has 0 aromatic carbocycles. The monoisotopic (exact) mass is 480 g/mol. The van der Waals surface area contributed by atoms with E-state index >= 15 is 0 Å². The number of halogens is 3. The second-order valence-corrected chi connectivity index (χ2v) is 9.43. The van der Waals surface area contributed by atoms with E-state index in [4.69, 9.17) is 4.98 Å². The number of hydrogen-bond acceptors (Lipinski definition) is 7. The first-order valence-electron chi connectivity index (χ1n) is 11.1. The summed E-state index contributed by atoms with van der Waals surface area (Å²) in [4.78, 5) is 16.8. The van der Waals surface area contributed by atoms with E-state index in [0.29, 0.717) is 24.0 Å². The number of rotatable bonds is 10. The van der Waals surface area contributed by atoms with E-state index in [0.717, 1.165) is 46.9 Å². The number of fused-ring (bicyclic) bond motifs is 1. The molecule has 1 atom stereocenters. The van der Waals surface area contributed by atoms with Crippen LogP contribution in [0.5, 0.6) is 0 Å². The molecule has 1 aliphatic rings. The van der Waals surface area contributed by atoms with Gasteiger partial charge in [0.05, 0.1) is 21.8 Å². The van der Waals surface area contributed by atoms with Gasteiger partial charge >= 0.3 is 6.18 Å². The topological polar surface area (TPSA) is 66.0 Å². The number of nitrogens with one attached hydrogen (secondary N) is 2. The van der Waals surface area contributed by atoms with E-state index in [2.05, 4.69) is 46.5 Å². The van der Waals surface area contributed by atoms with Crippen LogP contribution < -0.4 is 10.6 Å². The third-order valence-corrected chi connectivity index (χ3v) is 6.41. The van der Waals surface area contributed by atoms with Crippen molar-refractivity contribution in [2.75, 3.05) is 44.4 Å². The molecule has 1 unspecified atom stereocenters. The summed E-state index contributed by atoms with van der Waals surface area (Å²) < 4.78 is 38.2. The molecule has 0 fully saturated rings. The van der Waals surface area contributed by atoms with Crippen molar-refractivity contribution in [1.82, 2.24) is 19.9 Å². The van der Waals surface area contributed by atoms with Gasteiger partial charge in [0.2, 0.25) is 5.95 Å². The summed E-state index contributed by atoms with van der Waals surface area (Å²) in [7, 11) is 4.10. The van der Waals surface area contributed by atoms with Gasteiger partial charge in [-0.3, -0.25) is 0 Å². The van der Waals surface area contributed by atoms with Gasteiger partial charge in [-0.25, -0.2) is 9.97 Å². The van der Waals surface area contributed by atoms with Crippen molar-refractivity contribution in [1.29, 1.82) is 0 Å². The van der Waals surface area contributed by atoms with Gasteiger partial charge in [0.1, 0.15) is 17.4 Å². The average Bonchev–Trinajstić information content (AvgIpc) is 2.99. The molecule has 0 bridgehead atoms. The van der Waals surface area contributed by atoms with Crippen molar-refractivity contribution in [3.8, 4) is 10.6 Å². The fraction of sp³-hybridized carbons (Fsp3) is 0.522. The minimum absolute atomic E-state index is 0.0441. The highest BCUT2D eigenvalue weighted by atomic mass is 32.1. The summed E-state index contributed by atoms with van der Waals surface area (Å²) in [5, 5.41) is 6.44. The van der Waals surface area contributed by atoms with Gasteiger partial charge in [-0.05, 0) is 39.4 Å². The second-order valence-electron chi connectivity index (χ2n) is 8.40. The summed E-state index contributed by atoms with van der Waals surface area (Å²) in [6.07, 6.45) is 6.40. The number of hydrogen-bond donors (Lipinski definition) is 2.